The molecule has 0 atom stereocenters. The second kappa shape index (κ2) is 6.48. The Labute approximate surface area is 118 Å². The predicted molar refractivity (Wildman–Crippen MR) is 74.8 cm³/mol. The molecule has 0 spiro atoms. The van der Waals surface area contributed by atoms with Gasteiger partial charge in [0.25, 0.3) is 0 Å². The highest BCUT2D eigenvalue weighted by molar-refractivity contribution is 5.52. The quantitative estimate of drug-likeness (QED) is 0.880. The highest BCUT2D eigenvalue weighted by Crippen LogP contribution is 2.34. The van der Waals surface area contributed by atoms with Gasteiger partial charge in [-0.25, -0.2) is 0 Å². The van der Waals surface area contributed by atoms with Gasteiger partial charge < -0.3 is 10.2 Å². The van der Waals surface area contributed by atoms with Crippen LogP contribution in [0.3, 0.4) is 0 Å². The topological polar surface area (TPSA) is 15.3 Å². The molecular weight excluding hydrogens is 265 g/mol. The van der Waals surface area contributed by atoms with Gasteiger partial charge in [0.2, 0.25) is 0 Å². The highest BCUT2D eigenvalue weighted by atomic mass is 19.4. The Morgan fingerprint density at radius 2 is 1.85 bits per heavy atom. The largest absolute Gasteiger partial charge is 0.418 e. The van der Waals surface area contributed by atoms with Crippen LogP contribution in [-0.2, 0) is 6.18 Å². The monoisotopic (exact) mass is 286 g/mol. The van der Waals surface area contributed by atoms with Crippen molar-refractivity contribution < 1.29 is 13.2 Å². The lowest BCUT2D eigenvalue weighted by Gasteiger charge is -2.24. The summed E-state index contributed by atoms with van der Waals surface area (Å²) < 4.78 is 38.5. The first-order valence-corrected chi connectivity index (χ1v) is 7.09. The Bertz CT molecular complexity index is 425. The second-order valence-electron chi connectivity index (χ2n) is 5.39. The maximum absolute atomic E-state index is 12.8. The first kappa shape index (κ1) is 15.2. The molecule has 112 valence electrons. The maximum atomic E-state index is 12.8. The lowest BCUT2D eigenvalue weighted by molar-refractivity contribution is -0.136. The average molecular weight is 286 g/mol. The minimum Gasteiger partial charge on any atom is -0.383 e. The van der Waals surface area contributed by atoms with E-state index < -0.39 is 11.7 Å². The van der Waals surface area contributed by atoms with Crippen molar-refractivity contribution in [3.8, 4) is 0 Å². The van der Waals surface area contributed by atoms with Crippen molar-refractivity contribution in [2.24, 2.45) is 0 Å². The zero-order valence-electron chi connectivity index (χ0n) is 11.7. The van der Waals surface area contributed by atoms with Gasteiger partial charge in [0, 0.05) is 24.8 Å². The number of nitrogens with one attached hydrogen (secondary N) is 1. The molecule has 20 heavy (non-hydrogen) atoms. The summed E-state index contributed by atoms with van der Waals surface area (Å²) in [4.78, 5) is 2.25. The van der Waals surface area contributed by atoms with E-state index in [0.29, 0.717) is 12.6 Å². The summed E-state index contributed by atoms with van der Waals surface area (Å²) in [7, 11) is 2.05. The number of para-hydroxylation sites is 1. The summed E-state index contributed by atoms with van der Waals surface area (Å²) in [6.07, 6.45) is 0.630. The molecule has 0 aromatic heterocycles. The van der Waals surface area contributed by atoms with Crippen LogP contribution in [0.15, 0.2) is 24.3 Å². The third-order valence-electron chi connectivity index (χ3n) is 3.96. The molecule has 1 aliphatic rings. The van der Waals surface area contributed by atoms with Crippen LogP contribution in [-0.4, -0.2) is 31.1 Å². The summed E-state index contributed by atoms with van der Waals surface area (Å²) in [5.74, 6) is 0. The molecule has 0 bridgehead atoms. The zero-order chi connectivity index (χ0) is 14.6. The molecule has 5 heteroatoms. The second-order valence-corrected chi connectivity index (χ2v) is 5.39. The summed E-state index contributed by atoms with van der Waals surface area (Å²) in [5, 5.41) is 2.91. The minimum absolute atomic E-state index is 0.167. The zero-order valence-corrected chi connectivity index (χ0v) is 11.7. The Balaban J connectivity index is 1.88. The van der Waals surface area contributed by atoms with Crippen molar-refractivity contribution in [2.45, 2.75) is 37.9 Å². The van der Waals surface area contributed by atoms with Crippen LogP contribution < -0.4 is 5.32 Å². The van der Waals surface area contributed by atoms with Gasteiger partial charge in [0.15, 0.2) is 0 Å². The molecule has 0 saturated heterocycles. The number of alkyl halides is 3. The number of hydrogen-bond donors (Lipinski definition) is 1. The molecule has 0 unspecified atom stereocenters. The number of anilines is 1. The summed E-state index contributed by atoms with van der Waals surface area (Å²) in [5.41, 5.74) is -0.427. The fraction of sp³-hybridized carbons (Fsp3) is 0.600. The number of hydrogen-bond acceptors (Lipinski definition) is 2. The van der Waals surface area contributed by atoms with E-state index in [1.54, 1.807) is 6.07 Å². The van der Waals surface area contributed by atoms with Gasteiger partial charge in [0.05, 0.1) is 5.56 Å². The van der Waals surface area contributed by atoms with E-state index in [9.17, 15) is 13.2 Å². The van der Waals surface area contributed by atoms with Crippen LogP contribution in [0.4, 0.5) is 18.9 Å². The van der Waals surface area contributed by atoms with E-state index in [1.165, 1.54) is 37.8 Å². The summed E-state index contributed by atoms with van der Waals surface area (Å²) >= 11 is 0. The van der Waals surface area contributed by atoms with Gasteiger partial charge >= 0.3 is 6.18 Å². The smallest absolute Gasteiger partial charge is 0.383 e. The Morgan fingerprint density at radius 1 is 1.20 bits per heavy atom. The fourth-order valence-corrected chi connectivity index (χ4v) is 2.78. The van der Waals surface area contributed by atoms with Gasteiger partial charge in [-0.1, -0.05) is 25.0 Å². The van der Waals surface area contributed by atoms with E-state index in [1.807, 2.05) is 7.05 Å². The van der Waals surface area contributed by atoms with Crippen LogP contribution in [0.5, 0.6) is 0 Å². The van der Waals surface area contributed by atoms with Crippen LogP contribution in [0.25, 0.3) is 0 Å². The van der Waals surface area contributed by atoms with Crippen LogP contribution in [0.1, 0.15) is 31.2 Å². The molecule has 1 fully saturated rings. The summed E-state index contributed by atoms with van der Waals surface area (Å²) in [6.45, 7) is 1.29. The highest BCUT2D eigenvalue weighted by Gasteiger charge is 2.33. The van der Waals surface area contributed by atoms with Crippen molar-refractivity contribution in [2.75, 3.05) is 25.5 Å². The Kier molecular flexibility index (Phi) is 4.91. The van der Waals surface area contributed by atoms with E-state index >= 15 is 0 Å². The number of halogens is 3. The van der Waals surface area contributed by atoms with Gasteiger partial charge in [-0.05, 0) is 32.0 Å². The predicted octanol–water partition coefficient (Wildman–Crippen LogP) is 3.99. The number of benzene rings is 1. The van der Waals surface area contributed by atoms with E-state index in [-0.39, 0.29) is 5.69 Å². The Hall–Kier alpha value is -1.23. The van der Waals surface area contributed by atoms with E-state index in [4.69, 9.17) is 0 Å². The molecule has 0 aliphatic heterocycles. The van der Waals surface area contributed by atoms with Crippen LogP contribution in [0.2, 0.25) is 0 Å². The first-order valence-electron chi connectivity index (χ1n) is 7.09. The lowest BCUT2D eigenvalue weighted by Crippen LogP contribution is -2.33. The lowest BCUT2D eigenvalue weighted by atomic mass is 10.1. The molecule has 0 radical (unpaired) electrons. The molecule has 1 aromatic carbocycles. The third kappa shape index (κ3) is 3.88. The molecule has 0 heterocycles. The molecule has 1 N–H and O–H groups in total. The van der Waals surface area contributed by atoms with Crippen LogP contribution in [0, 0.1) is 0 Å². The minimum atomic E-state index is -4.30. The molecule has 1 aliphatic carbocycles. The molecule has 2 nitrogen and oxygen atoms in total. The number of rotatable bonds is 5. The maximum Gasteiger partial charge on any atom is 0.418 e. The van der Waals surface area contributed by atoms with Crippen molar-refractivity contribution in [3.63, 3.8) is 0 Å². The van der Waals surface area contributed by atoms with Crippen molar-refractivity contribution >= 4 is 5.69 Å². The molecule has 1 aromatic rings. The van der Waals surface area contributed by atoms with Crippen LogP contribution >= 0.6 is 0 Å². The van der Waals surface area contributed by atoms with E-state index in [0.717, 1.165) is 12.6 Å². The molecule has 2 rings (SSSR count). The van der Waals surface area contributed by atoms with Gasteiger partial charge in [-0.2, -0.15) is 13.2 Å². The number of nitrogens with zero attached hydrogens (tertiary/aromatic N) is 1. The summed E-state index contributed by atoms with van der Waals surface area (Å²) in [6, 6.07) is 6.23. The fourth-order valence-electron chi connectivity index (χ4n) is 2.78. The van der Waals surface area contributed by atoms with E-state index in [2.05, 4.69) is 10.2 Å². The third-order valence-corrected chi connectivity index (χ3v) is 3.96. The first-order chi connectivity index (χ1) is 9.48. The van der Waals surface area contributed by atoms with Crippen molar-refractivity contribution in [3.05, 3.63) is 29.8 Å². The van der Waals surface area contributed by atoms with Crippen molar-refractivity contribution in [1.82, 2.24) is 4.90 Å². The average Bonchev–Trinajstić information content (AvgIpc) is 2.92. The Morgan fingerprint density at radius 3 is 2.50 bits per heavy atom. The number of likely N-dealkylation sites (N-methyl/N-ethyl adjacent to an activating group) is 1. The molecule has 1 saturated carbocycles. The molecular formula is C15H21F3N2. The molecule has 0 amide bonds. The normalized spacial score (nSPS) is 16.9. The standard InChI is InChI=1S/C15H21F3N2/c1-20(12-6-2-3-7-12)11-10-19-14-9-5-4-8-13(14)15(16,17)18/h4-5,8-9,12,19H,2-3,6-7,10-11H2,1H3. The SMILES string of the molecule is CN(CCNc1ccccc1C(F)(F)F)C1CCCC1. The van der Waals surface area contributed by atoms with Gasteiger partial charge in [0.1, 0.15) is 0 Å². The van der Waals surface area contributed by atoms with Gasteiger partial charge in [-0.15, -0.1) is 0 Å². The van der Waals surface area contributed by atoms with Gasteiger partial charge in [-0.3, -0.25) is 0 Å². The van der Waals surface area contributed by atoms with Crippen molar-refractivity contribution in [1.29, 1.82) is 0 Å².